The molecule has 0 fully saturated rings. The maximum atomic E-state index is 10.8. The summed E-state index contributed by atoms with van der Waals surface area (Å²) in [6.07, 6.45) is 3.37. The van der Waals surface area contributed by atoms with Crippen molar-refractivity contribution in [3.05, 3.63) is 24.0 Å². The number of aromatic nitrogens is 1. The molecule has 0 aliphatic carbocycles. The maximum Gasteiger partial charge on any atom is 0.327 e. The van der Waals surface area contributed by atoms with Crippen molar-refractivity contribution in [1.29, 1.82) is 0 Å². The second kappa shape index (κ2) is 3.21. The van der Waals surface area contributed by atoms with E-state index in [0.717, 1.165) is 5.56 Å². The molecule has 0 spiro atoms. The Morgan fingerprint density at radius 3 is 3.00 bits per heavy atom. The fourth-order valence-electron chi connectivity index (χ4n) is 0.793. The average molecular weight is 154 g/mol. The second-order valence-corrected chi connectivity index (χ2v) is 2.15. The lowest BCUT2D eigenvalue weighted by Gasteiger charge is -2.05. The molecule has 60 valence electrons. The quantitative estimate of drug-likeness (QED) is 0.597. The molecule has 0 saturated heterocycles. The molecule has 0 bridgehead atoms. The van der Waals surface area contributed by atoms with E-state index >= 15 is 0 Å². The first-order chi connectivity index (χ1) is 5.25. The molecule has 1 rings (SSSR count). The molecule has 1 aromatic rings. The minimum atomic E-state index is -0.675. The van der Waals surface area contributed by atoms with Crippen molar-refractivity contribution in [3.63, 3.8) is 0 Å². The molecule has 4 nitrogen and oxygen atoms in total. The highest BCUT2D eigenvalue weighted by Crippen LogP contribution is 2.09. The van der Waals surface area contributed by atoms with Gasteiger partial charge in [0.2, 0.25) is 0 Å². The lowest BCUT2D eigenvalue weighted by Crippen LogP contribution is -2.21. The van der Waals surface area contributed by atoms with Crippen LogP contribution in [-0.4, -0.2) is 18.1 Å². The zero-order valence-corrected chi connectivity index (χ0v) is 6.20. The molecular formula is C7H10N2O2. The Bertz CT molecular complexity index is 231. The van der Waals surface area contributed by atoms with Crippen LogP contribution in [0.4, 0.5) is 0 Å². The Labute approximate surface area is 64.4 Å². The standard InChI is InChI=1S/C7H10N2O2/c1-11-7(10)6(8)5-2-3-9-4-5/h2-4,6,9H,8H2,1H3. The predicted octanol–water partition coefficient (Wildman–Crippen LogP) is 0.187. The summed E-state index contributed by atoms with van der Waals surface area (Å²) in [6.45, 7) is 0. The molecule has 3 N–H and O–H groups in total. The van der Waals surface area contributed by atoms with Crippen molar-refractivity contribution in [2.45, 2.75) is 6.04 Å². The van der Waals surface area contributed by atoms with E-state index in [1.807, 2.05) is 0 Å². The predicted molar refractivity (Wildman–Crippen MR) is 39.7 cm³/mol. The molecule has 0 aliphatic rings. The van der Waals surface area contributed by atoms with Crippen LogP contribution in [0.2, 0.25) is 0 Å². The third kappa shape index (κ3) is 1.59. The Morgan fingerprint density at radius 1 is 1.82 bits per heavy atom. The number of esters is 1. The van der Waals surface area contributed by atoms with Gasteiger partial charge in [0, 0.05) is 12.4 Å². The van der Waals surface area contributed by atoms with Crippen molar-refractivity contribution < 1.29 is 9.53 Å². The van der Waals surface area contributed by atoms with Gasteiger partial charge in [-0.3, -0.25) is 4.79 Å². The lowest BCUT2D eigenvalue weighted by molar-refractivity contribution is -0.142. The van der Waals surface area contributed by atoms with Crippen LogP contribution in [0.25, 0.3) is 0 Å². The Morgan fingerprint density at radius 2 is 2.55 bits per heavy atom. The van der Waals surface area contributed by atoms with Gasteiger partial charge < -0.3 is 15.5 Å². The molecule has 1 unspecified atom stereocenters. The number of carbonyl (C=O) groups is 1. The van der Waals surface area contributed by atoms with Gasteiger partial charge in [-0.15, -0.1) is 0 Å². The molecule has 0 aliphatic heterocycles. The summed E-state index contributed by atoms with van der Waals surface area (Å²) in [5.41, 5.74) is 6.23. The van der Waals surface area contributed by atoms with Crippen LogP contribution in [0.15, 0.2) is 18.5 Å². The minimum Gasteiger partial charge on any atom is -0.468 e. The van der Waals surface area contributed by atoms with Gasteiger partial charge in [0.1, 0.15) is 6.04 Å². The highest BCUT2D eigenvalue weighted by molar-refractivity contribution is 5.77. The number of methoxy groups -OCH3 is 1. The molecule has 1 heterocycles. The fourth-order valence-corrected chi connectivity index (χ4v) is 0.793. The van der Waals surface area contributed by atoms with E-state index in [2.05, 4.69) is 9.72 Å². The lowest BCUT2D eigenvalue weighted by atomic mass is 10.2. The summed E-state index contributed by atoms with van der Waals surface area (Å²) in [5, 5.41) is 0. The van der Waals surface area contributed by atoms with Gasteiger partial charge in [-0.25, -0.2) is 0 Å². The first-order valence-corrected chi connectivity index (χ1v) is 3.22. The van der Waals surface area contributed by atoms with Gasteiger partial charge in [-0.1, -0.05) is 0 Å². The summed E-state index contributed by atoms with van der Waals surface area (Å²) >= 11 is 0. The third-order valence-electron chi connectivity index (χ3n) is 1.44. The van der Waals surface area contributed by atoms with Crippen LogP contribution in [0, 0.1) is 0 Å². The summed E-state index contributed by atoms with van der Waals surface area (Å²) in [4.78, 5) is 13.7. The smallest absolute Gasteiger partial charge is 0.327 e. The zero-order chi connectivity index (χ0) is 8.27. The summed E-state index contributed by atoms with van der Waals surface area (Å²) < 4.78 is 4.46. The maximum absolute atomic E-state index is 10.8. The molecule has 1 atom stereocenters. The van der Waals surface area contributed by atoms with Crippen LogP contribution in [0.3, 0.4) is 0 Å². The van der Waals surface area contributed by atoms with E-state index in [1.165, 1.54) is 7.11 Å². The monoisotopic (exact) mass is 154 g/mol. The molecule has 4 heteroatoms. The van der Waals surface area contributed by atoms with Gasteiger partial charge in [0.15, 0.2) is 0 Å². The number of carbonyl (C=O) groups excluding carboxylic acids is 1. The number of hydrogen-bond donors (Lipinski definition) is 2. The molecule has 0 radical (unpaired) electrons. The topological polar surface area (TPSA) is 68.1 Å². The van der Waals surface area contributed by atoms with Crippen molar-refractivity contribution in [2.75, 3.05) is 7.11 Å². The van der Waals surface area contributed by atoms with E-state index in [9.17, 15) is 4.79 Å². The average Bonchev–Trinajstić information content (AvgIpc) is 2.53. The highest BCUT2D eigenvalue weighted by atomic mass is 16.5. The molecule has 0 saturated carbocycles. The first-order valence-electron chi connectivity index (χ1n) is 3.22. The molecule has 1 aromatic heterocycles. The minimum absolute atomic E-state index is 0.426. The van der Waals surface area contributed by atoms with Crippen molar-refractivity contribution in [2.24, 2.45) is 5.73 Å². The summed E-state index contributed by atoms with van der Waals surface area (Å²) in [7, 11) is 1.31. The summed E-state index contributed by atoms with van der Waals surface area (Å²) in [6, 6.07) is 1.06. The van der Waals surface area contributed by atoms with Crippen LogP contribution < -0.4 is 5.73 Å². The van der Waals surface area contributed by atoms with E-state index in [0.29, 0.717) is 0 Å². The molecular weight excluding hydrogens is 144 g/mol. The van der Waals surface area contributed by atoms with Crippen LogP contribution >= 0.6 is 0 Å². The largest absolute Gasteiger partial charge is 0.468 e. The van der Waals surface area contributed by atoms with Gasteiger partial charge in [-0.05, 0) is 11.6 Å². The van der Waals surface area contributed by atoms with E-state index in [4.69, 9.17) is 5.73 Å². The third-order valence-corrected chi connectivity index (χ3v) is 1.44. The Balaban J connectivity index is 2.70. The molecule has 0 aromatic carbocycles. The fraction of sp³-hybridized carbons (Fsp3) is 0.286. The molecule has 11 heavy (non-hydrogen) atoms. The first kappa shape index (κ1) is 7.81. The van der Waals surface area contributed by atoms with E-state index in [-0.39, 0.29) is 0 Å². The van der Waals surface area contributed by atoms with Gasteiger partial charge in [0.25, 0.3) is 0 Å². The Kier molecular flexibility index (Phi) is 2.28. The van der Waals surface area contributed by atoms with Gasteiger partial charge >= 0.3 is 5.97 Å². The van der Waals surface area contributed by atoms with Crippen LogP contribution in [-0.2, 0) is 9.53 Å². The van der Waals surface area contributed by atoms with Gasteiger partial charge in [0.05, 0.1) is 7.11 Å². The number of nitrogens with two attached hydrogens (primary N) is 1. The van der Waals surface area contributed by atoms with Crippen molar-refractivity contribution in [1.82, 2.24) is 4.98 Å². The van der Waals surface area contributed by atoms with Crippen LogP contribution in [0.1, 0.15) is 11.6 Å². The SMILES string of the molecule is COC(=O)C(N)c1cc[nH]c1. The number of hydrogen-bond acceptors (Lipinski definition) is 3. The number of nitrogens with one attached hydrogen (secondary N) is 1. The molecule has 0 amide bonds. The van der Waals surface area contributed by atoms with E-state index < -0.39 is 12.0 Å². The number of H-pyrrole nitrogens is 1. The van der Waals surface area contributed by atoms with Crippen molar-refractivity contribution in [3.8, 4) is 0 Å². The highest BCUT2D eigenvalue weighted by Gasteiger charge is 2.15. The van der Waals surface area contributed by atoms with E-state index in [1.54, 1.807) is 18.5 Å². The summed E-state index contributed by atoms with van der Waals surface area (Å²) in [5.74, 6) is -0.426. The van der Waals surface area contributed by atoms with Crippen LogP contribution in [0.5, 0.6) is 0 Å². The number of ether oxygens (including phenoxy) is 1. The Hall–Kier alpha value is -1.29. The van der Waals surface area contributed by atoms with Gasteiger partial charge in [-0.2, -0.15) is 0 Å². The zero-order valence-electron chi connectivity index (χ0n) is 6.20. The van der Waals surface area contributed by atoms with Crippen molar-refractivity contribution >= 4 is 5.97 Å². The number of aromatic amines is 1. The number of rotatable bonds is 2. The second-order valence-electron chi connectivity index (χ2n) is 2.15. The normalized spacial score (nSPS) is 12.5.